The van der Waals surface area contributed by atoms with Crippen molar-refractivity contribution in [3.8, 4) is 0 Å². The van der Waals surface area contributed by atoms with Crippen molar-refractivity contribution in [1.29, 1.82) is 0 Å². The molecule has 1 aliphatic rings. The van der Waals surface area contributed by atoms with E-state index >= 15 is 0 Å². The van der Waals surface area contributed by atoms with Gasteiger partial charge in [0.05, 0.1) is 33.2 Å². The molecule has 1 heterocycles. The summed E-state index contributed by atoms with van der Waals surface area (Å²) in [6.07, 6.45) is 0. The minimum atomic E-state index is -2.53. The molecule has 2 heteroatoms. The molecule has 0 amide bonds. The summed E-state index contributed by atoms with van der Waals surface area (Å²) in [5, 5.41) is 0. The van der Waals surface area contributed by atoms with Crippen LogP contribution in [0.25, 0.3) is 0 Å². The first-order valence-corrected chi connectivity index (χ1v) is 1.59. The molecule has 1 fully saturated rings. The highest BCUT2D eigenvalue weighted by molar-refractivity contribution is 4.37. The van der Waals surface area contributed by atoms with Crippen molar-refractivity contribution >= 4 is 0 Å². The van der Waals surface area contributed by atoms with Crippen LogP contribution in [0.2, 0.25) is 0 Å². The Bertz CT molecular complexity index is 159. The topological polar surface area (TPSA) is 18.5 Å². The summed E-state index contributed by atoms with van der Waals surface area (Å²) in [7, 11) is 0. The van der Waals surface area contributed by atoms with Gasteiger partial charge in [-0.05, 0) is 0 Å². The van der Waals surface area contributed by atoms with Gasteiger partial charge in [0, 0.05) is 0 Å². The molecule has 0 aliphatic carbocycles. The SMILES string of the molecule is [2H]C1COC([2H])([2H])C([2H])([2H])O1. The zero-order valence-electron chi connectivity index (χ0n) is 8.10. The first kappa shape index (κ1) is 1.20. The van der Waals surface area contributed by atoms with Crippen LogP contribution in [0, 0.1) is 0 Å². The van der Waals surface area contributed by atoms with Crippen LogP contribution >= 0.6 is 0 Å². The van der Waals surface area contributed by atoms with Crippen molar-refractivity contribution in [3.05, 3.63) is 0 Å². The summed E-state index contributed by atoms with van der Waals surface area (Å²) in [5.74, 6) is 0. The lowest BCUT2D eigenvalue weighted by molar-refractivity contribution is -0.0334. The van der Waals surface area contributed by atoms with Gasteiger partial charge in [-0.1, -0.05) is 0 Å². The average molecular weight is 93.1 g/mol. The van der Waals surface area contributed by atoms with E-state index in [0.29, 0.717) is 0 Å². The predicted octanol–water partition coefficient (Wildman–Crippen LogP) is 0.0332. The summed E-state index contributed by atoms with van der Waals surface area (Å²) in [6.45, 7) is -6.37. The average Bonchev–Trinajstić information content (AvgIpc) is 1.80. The number of rotatable bonds is 0. The lowest BCUT2D eigenvalue weighted by atomic mass is 10.6. The zero-order chi connectivity index (χ0) is 8.70. The molecule has 0 N–H and O–H groups in total. The molecule has 0 aromatic heterocycles. The highest BCUT2D eigenvalue weighted by atomic mass is 16.6. The maximum absolute atomic E-state index is 6.98. The van der Waals surface area contributed by atoms with Crippen molar-refractivity contribution in [1.82, 2.24) is 0 Å². The van der Waals surface area contributed by atoms with Gasteiger partial charge in [-0.3, -0.25) is 0 Å². The minimum absolute atomic E-state index is 0.244. The van der Waals surface area contributed by atoms with Crippen LogP contribution < -0.4 is 0 Å². The van der Waals surface area contributed by atoms with E-state index < -0.39 is 19.7 Å². The quantitative estimate of drug-likeness (QED) is 0.421. The summed E-state index contributed by atoms with van der Waals surface area (Å²) >= 11 is 0. The lowest BCUT2D eigenvalue weighted by Crippen LogP contribution is -2.16. The Morgan fingerprint density at radius 3 is 2.83 bits per heavy atom. The Morgan fingerprint density at radius 1 is 1.33 bits per heavy atom. The Kier molecular flexibility index (Phi) is 0.432. The highest BCUT2D eigenvalue weighted by Crippen LogP contribution is 1.85. The van der Waals surface area contributed by atoms with Crippen LogP contribution in [0.1, 0.15) is 6.85 Å². The molecule has 0 bridgehead atoms. The van der Waals surface area contributed by atoms with Gasteiger partial charge in [0.15, 0.2) is 0 Å². The van der Waals surface area contributed by atoms with E-state index in [1.807, 2.05) is 0 Å². The van der Waals surface area contributed by atoms with E-state index in [1.165, 1.54) is 0 Å². The number of ether oxygens (including phenoxy) is 2. The Hall–Kier alpha value is -0.0800. The first-order valence-electron chi connectivity index (χ1n) is 4.17. The van der Waals surface area contributed by atoms with Crippen LogP contribution in [0.5, 0.6) is 0 Å². The molecule has 2 nitrogen and oxygen atoms in total. The van der Waals surface area contributed by atoms with Crippen LogP contribution in [-0.4, -0.2) is 26.3 Å². The summed E-state index contributed by atoms with van der Waals surface area (Å²) in [5.41, 5.74) is 0. The molecular formula is C4H8O2. The van der Waals surface area contributed by atoms with E-state index in [4.69, 9.17) is 6.85 Å². The molecule has 36 valence electrons. The van der Waals surface area contributed by atoms with E-state index in [0.717, 1.165) is 0 Å². The predicted molar refractivity (Wildman–Crippen MR) is 21.6 cm³/mol. The van der Waals surface area contributed by atoms with Gasteiger partial charge in [0.1, 0.15) is 0 Å². The molecule has 1 atom stereocenters. The third-order valence-corrected chi connectivity index (χ3v) is 0.407. The monoisotopic (exact) mass is 93.1 g/mol. The summed E-state index contributed by atoms with van der Waals surface area (Å²) < 4.78 is 43.7. The molecular weight excluding hydrogens is 80.0 g/mol. The van der Waals surface area contributed by atoms with Gasteiger partial charge in [-0.15, -0.1) is 0 Å². The molecule has 1 aliphatic heterocycles. The standard InChI is InChI=1S/C4H8O2/c1-2-6-4-3-5-1/h1-4H2/i1D,3D2,4D2. The van der Waals surface area contributed by atoms with E-state index in [1.54, 1.807) is 0 Å². The minimum Gasteiger partial charge on any atom is -0.377 e. The normalized spacial score (nSPS) is 65.3. The van der Waals surface area contributed by atoms with Crippen molar-refractivity contribution in [2.24, 2.45) is 0 Å². The summed E-state index contributed by atoms with van der Waals surface area (Å²) in [6, 6.07) is 0. The molecule has 0 saturated carbocycles. The van der Waals surface area contributed by atoms with Gasteiger partial charge in [0.2, 0.25) is 0 Å². The molecule has 0 radical (unpaired) electrons. The van der Waals surface area contributed by atoms with Gasteiger partial charge in [-0.25, -0.2) is 0 Å². The highest BCUT2D eigenvalue weighted by Gasteiger charge is 1.94. The van der Waals surface area contributed by atoms with Gasteiger partial charge < -0.3 is 9.47 Å². The smallest absolute Gasteiger partial charge is 0.0701 e. The number of hydrogen-bond acceptors (Lipinski definition) is 2. The largest absolute Gasteiger partial charge is 0.377 e. The third-order valence-electron chi connectivity index (χ3n) is 0.407. The van der Waals surface area contributed by atoms with Gasteiger partial charge in [-0.2, -0.15) is 0 Å². The molecule has 1 rings (SSSR count). The molecule has 1 saturated heterocycles. The lowest BCUT2D eigenvalue weighted by Gasteiger charge is -2.09. The number of hydrogen-bond donors (Lipinski definition) is 0. The molecule has 0 spiro atoms. The Morgan fingerprint density at radius 2 is 2.17 bits per heavy atom. The van der Waals surface area contributed by atoms with E-state index in [9.17, 15) is 0 Å². The fourth-order valence-corrected chi connectivity index (χ4v) is 0.205. The van der Waals surface area contributed by atoms with Crippen molar-refractivity contribution in [2.45, 2.75) is 0 Å². The fourth-order valence-electron chi connectivity index (χ4n) is 0.205. The molecule has 1 unspecified atom stereocenters. The van der Waals surface area contributed by atoms with Crippen LogP contribution in [-0.2, 0) is 9.47 Å². The molecule has 0 aromatic carbocycles. The zero-order valence-corrected chi connectivity index (χ0v) is 3.10. The van der Waals surface area contributed by atoms with Crippen LogP contribution in [0.15, 0.2) is 0 Å². The van der Waals surface area contributed by atoms with E-state index in [2.05, 4.69) is 9.47 Å². The second-order valence-corrected chi connectivity index (χ2v) is 0.800. The van der Waals surface area contributed by atoms with Crippen LogP contribution in [0.3, 0.4) is 0 Å². The maximum atomic E-state index is 6.98. The van der Waals surface area contributed by atoms with E-state index in [-0.39, 0.29) is 6.61 Å². The molecule has 0 aromatic rings. The summed E-state index contributed by atoms with van der Waals surface area (Å²) in [4.78, 5) is 0. The fraction of sp³-hybridized carbons (Fsp3) is 1.00. The van der Waals surface area contributed by atoms with Crippen LogP contribution in [0.4, 0.5) is 0 Å². The second-order valence-electron chi connectivity index (χ2n) is 0.800. The van der Waals surface area contributed by atoms with Gasteiger partial charge >= 0.3 is 0 Å². The van der Waals surface area contributed by atoms with Crippen molar-refractivity contribution in [3.63, 3.8) is 0 Å². The Balaban J connectivity index is 2.72. The van der Waals surface area contributed by atoms with Crippen molar-refractivity contribution < 1.29 is 16.3 Å². The Labute approximate surface area is 44.1 Å². The first-order chi connectivity index (χ1) is 4.85. The molecule has 6 heavy (non-hydrogen) atoms. The third kappa shape index (κ3) is 0.954. The maximum Gasteiger partial charge on any atom is 0.0701 e. The van der Waals surface area contributed by atoms with Crippen molar-refractivity contribution in [2.75, 3.05) is 26.3 Å². The second kappa shape index (κ2) is 2.16. The van der Waals surface area contributed by atoms with Gasteiger partial charge in [0.25, 0.3) is 0 Å².